The summed E-state index contributed by atoms with van der Waals surface area (Å²) in [5.74, 6) is 1.00. The molecular weight excluding hydrogens is 402 g/mol. The van der Waals surface area contributed by atoms with Crippen LogP contribution in [0.1, 0.15) is 49.5 Å². The van der Waals surface area contributed by atoms with Gasteiger partial charge >= 0.3 is 0 Å². The van der Waals surface area contributed by atoms with Gasteiger partial charge in [0.05, 0.1) is 17.1 Å². The Bertz CT molecular complexity index is 1060. The number of imidazole rings is 1. The molecule has 0 spiro atoms. The number of benzene rings is 2. The van der Waals surface area contributed by atoms with E-state index >= 15 is 0 Å². The lowest BCUT2D eigenvalue weighted by atomic mass is 9.73. The molecule has 3 aromatic rings. The van der Waals surface area contributed by atoms with Gasteiger partial charge in [-0.25, -0.2) is 10.4 Å². The molecule has 1 saturated carbocycles. The summed E-state index contributed by atoms with van der Waals surface area (Å²) in [5.41, 5.74) is 8.86. The van der Waals surface area contributed by atoms with E-state index in [1.165, 1.54) is 0 Å². The van der Waals surface area contributed by atoms with Crippen molar-refractivity contribution in [3.63, 3.8) is 0 Å². The summed E-state index contributed by atoms with van der Waals surface area (Å²) in [4.78, 5) is 33.5. The molecule has 2 aromatic carbocycles. The Hall–Kier alpha value is -3.19. The van der Waals surface area contributed by atoms with Crippen molar-refractivity contribution < 1.29 is 9.59 Å². The lowest BCUT2D eigenvalue weighted by molar-refractivity contribution is -0.135. The topological polar surface area (TPSA) is 98.9 Å². The van der Waals surface area contributed by atoms with E-state index in [0.29, 0.717) is 12.8 Å². The quantitative estimate of drug-likeness (QED) is 0.482. The number of nitrogens with zero attached hydrogens (tertiary/aromatic N) is 1. The first-order chi connectivity index (χ1) is 15.7. The second-order valence-corrected chi connectivity index (χ2v) is 8.95. The van der Waals surface area contributed by atoms with Gasteiger partial charge in [-0.2, -0.15) is 0 Å². The zero-order chi connectivity index (χ0) is 21.9. The van der Waals surface area contributed by atoms with Crippen LogP contribution in [0.2, 0.25) is 0 Å². The SMILES string of the molecule is O=C(CC1NNC(=O)C2CCCCC12)N[C@@H](Cc1ccccc1)c1nc2ccccc2[nH]1. The Morgan fingerprint density at radius 3 is 2.69 bits per heavy atom. The lowest BCUT2D eigenvalue weighted by Crippen LogP contribution is -2.60. The molecule has 7 heteroatoms. The third-order valence-corrected chi connectivity index (χ3v) is 6.81. The fourth-order valence-electron chi connectivity index (χ4n) is 5.19. The van der Waals surface area contributed by atoms with Crippen LogP contribution < -0.4 is 16.2 Å². The minimum absolute atomic E-state index is 0.0123. The number of aromatic nitrogens is 2. The van der Waals surface area contributed by atoms with Gasteiger partial charge in [0, 0.05) is 18.4 Å². The second kappa shape index (κ2) is 9.12. The van der Waals surface area contributed by atoms with E-state index in [-0.39, 0.29) is 35.7 Å². The molecule has 1 aliphatic carbocycles. The van der Waals surface area contributed by atoms with Gasteiger partial charge in [0.25, 0.3) is 0 Å². The van der Waals surface area contributed by atoms with Crippen LogP contribution in [0.4, 0.5) is 0 Å². The number of aromatic amines is 1. The predicted molar refractivity (Wildman–Crippen MR) is 122 cm³/mol. The van der Waals surface area contributed by atoms with Gasteiger partial charge in [-0.1, -0.05) is 55.3 Å². The average Bonchev–Trinajstić information content (AvgIpc) is 3.26. The molecule has 2 heterocycles. The number of fused-ring (bicyclic) bond motifs is 2. The summed E-state index contributed by atoms with van der Waals surface area (Å²) >= 11 is 0. The maximum Gasteiger partial charge on any atom is 0.237 e. The first kappa shape index (κ1) is 20.7. The number of hydrogen-bond acceptors (Lipinski definition) is 4. The van der Waals surface area contributed by atoms with E-state index < -0.39 is 0 Å². The number of carbonyl (C=O) groups excluding carboxylic acids is 2. The third kappa shape index (κ3) is 4.39. The monoisotopic (exact) mass is 431 g/mol. The summed E-state index contributed by atoms with van der Waals surface area (Å²) in [6, 6.07) is 17.7. The number of rotatable bonds is 6. The zero-order valence-electron chi connectivity index (χ0n) is 18.0. The first-order valence-corrected chi connectivity index (χ1v) is 11.5. The first-order valence-electron chi connectivity index (χ1n) is 11.5. The van der Waals surface area contributed by atoms with Gasteiger partial charge in [-0.15, -0.1) is 0 Å². The van der Waals surface area contributed by atoms with Crippen molar-refractivity contribution in [1.82, 2.24) is 26.1 Å². The summed E-state index contributed by atoms with van der Waals surface area (Å²) in [7, 11) is 0. The van der Waals surface area contributed by atoms with Gasteiger partial charge in [0.15, 0.2) is 0 Å². The second-order valence-electron chi connectivity index (χ2n) is 8.95. The van der Waals surface area contributed by atoms with Gasteiger partial charge in [0.2, 0.25) is 11.8 Å². The van der Waals surface area contributed by atoms with Crippen LogP contribution in [0.15, 0.2) is 54.6 Å². The fraction of sp³-hybridized carbons (Fsp3) is 0.400. The van der Waals surface area contributed by atoms with Crippen molar-refractivity contribution in [2.24, 2.45) is 11.8 Å². The van der Waals surface area contributed by atoms with Crippen molar-refractivity contribution in [3.05, 3.63) is 66.0 Å². The standard InChI is InChI=1S/C25H29N5O2/c31-23(15-21-17-10-4-5-11-18(17)25(32)30-29-21)26-22(14-16-8-2-1-3-9-16)24-27-19-12-6-7-13-20(19)28-24/h1-3,6-9,12-13,17-18,21-22,29H,4-5,10-11,14-15H2,(H,26,31)(H,27,28)(H,30,32)/t17?,18?,21?,22-/m0/s1. The molecule has 166 valence electrons. The van der Waals surface area contributed by atoms with Crippen molar-refractivity contribution in [2.75, 3.05) is 0 Å². The van der Waals surface area contributed by atoms with Crippen molar-refractivity contribution >= 4 is 22.8 Å². The highest BCUT2D eigenvalue weighted by Gasteiger charge is 2.40. The number of nitrogens with one attached hydrogen (secondary N) is 4. The van der Waals surface area contributed by atoms with Crippen LogP contribution in [0, 0.1) is 11.8 Å². The number of hydrogen-bond donors (Lipinski definition) is 4. The Morgan fingerprint density at radius 2 is 1.84 bits per heavy atom. The van der Waals surface area contributed by atoms with E-state index in [1.54, 1.807) is 0 Å². The summed E-state index contributed by atoms with van der Waals surface area (Å²) in [5, 5.41) is 3.21. The van der Waals surface area contributed by atoms with Gasteiger partial charge in [-0.3, -0.25) is 15.0 Å². The van der Waals surface area contributed by atoms with E-state index in [4.69, 9.17) is 4.98 Å². The van der Waals surface area contributed by atoms with Gasteiger partial charge in [-0.05, 0) is 42.9 Å². The van der Waals surface area contributed by atoms with Crippen molar-refractivity contribution in [2.45, 2.75) is 50.6 Å². The zero-order valence-corrected chi connectivity index (χ0v) is 18.0. The molecule has 1 saturated heterocycles. The highest BCUT2D eigenvalue weighted by Crippen LogP contribution is 2.35. The van der Waals surface area contributed by atoms with Gasteiger partial charge < -0.3 is 10.3 Å². The largest absolute Gasteiger partial charge is 0.346 e. The van der Waals surface area contributed by atoms with Crippen LogP contribution in [-0.4, -0.2) is 27.8 Å². The van der Waals surface area contributed by atoms with E-state index in [9.17, 15) is 9.59 Å². The number of hydrazine groups is 1. The molecule has 1 aliphatic heterocycles. The molecule has 32 heavy (non-hydrogen) atoms. The number of carbonyl (C=O) groups is 2. The Morgan fingerprint density at radius 1 is 1.06 bits per heavy atom. The van der Waals surface area contributed by atoms with E-state index in [0.717, 1.165) is 48.1 Å². The van der Waals surface area contributed by atoms with Crippen LogP contribution in [0.3, 0.4) is 0 Å². The summed E-state index contributed by atoms with van der Waals surface area (Å²) < 4.78 is 0. The smallest absolute Gasteiger partial charge is 0.237 e. The average molecular weight is 432 g/mol. The van der Waals surface area contributed by atoms with E-state index in [2.05, 4.69) is 33.3 Å². The minimum Gasteiger partial charge on any atom is -0.346 e. The minimum atomic E-state index is -0.266. The maximum absolute atomic E-state index is 13.2. The molecule has 4 atom stereocenters. The molecule has 0 bridgehead atoms. The molecule has 2 amide bonds. The number of amides is 2. The van der Waals surface area contributed by atoms with Crippen LogP contribution in [0.25, 0.3) is 11.0 Å². The molecule has 2 fully saturated rings. The molecule has 5 rings (SSSR count). The van der Waals surface area contributed by atoms with Crippen LogP contribution in [-0.2, 0) is 16.0 Å². The molecular formula is C25H29N5O2. The molecule has 7 nitrogen and oxygen atoms in total. The molecule has 1 aromatic heterocycles. The Labute approximate surface area is 187 Å². The molecule has 0 radical (unpaired) electrons. The highest BCUT2D eigenvalue weighted by atomic mass is 16.2. The Kier molecular flexibility index (Phi) is 5.90. The van der Waals surface area contributed by atoms with Gasteiger partial charge in [0.1, 0.15) is 5.82 Å². The normalized spacial score (nSPS) is 23.9. The van der Waals surface area contributed by atoms with Crippen LogP contribution in [0.5, 0.6) is 0 Å². The maximum atomic E-state index is 13.2. The Balaban J connectivity index is 1.33. The predicted octanol–water partition coefficient (Wildman–Crippen LogP) is 3.16. The summed E-state index contributed by atoms with van der Waals surface area (Å²) in [6.45, 7) is 0. The highest BCUT2D eigenvalue weighted by molar-refractivity contribution is 5.81. The molecule has 2 aliphatic rings. The van der Waals surface area contributed by atoms with Crippen molar-refractivity contribution in [3.8, 4) is 0 Å². The molecule has 3 unspecified atom stereocenters. The third-order valence-electron chi connectivity index (χ3n) is 6.81. The molecule has 4 N–H and O–H groups in total. The van der Waals surface area contributed by atoms with Crippen LogP contribution >= 0.6 is 0 Å². The summed E-state index contributed by atoms with van der Waals surface area (Å²) in [6.07, 6.45) is 5.06. The lowest BCUT2D eigenvalue weighted by Gasteiger charge is -2.41. The fourth-order valence-corrected chi connectivity index (χ4v) is 5.19. The number of H-pyrrole nitrogens is 1. The number of para-hydroxylation sites is 2. The van der Waals surface area contributed by atoms with E-state index in [1.807, 2.05) is 42.5 Å². The van der Waals surface area contributed by atoms with Crippen molar-refractivity contribution in [1.29, 1.82) is 0 Å².